The summed E-state index contributed by atoms with van der Waals surface area (Å²) in [5.41, 5.74) is 0.831. The fraction of sp³-hybridized carbons (Fsp3) is 0.235. The second-order valence-corrected chi connectivity index (χ2v) is 6.54. The molecule has 0 spiro atoms. The summed E-state index contributed by atoms with van der Waals surface area (Å²) < 4.78 is 17.3. The Morgan fingerprint density at radius 3 is 2.00 bits per heavy atom. The first-order valence-electron chi connectivity index (χ1n) is 6.85. The van der Waals surface area contributed by atoms with E-state index in [1.54, 1.807) is 14.0 Å². The van der Waals surface area contributed by atoms with Gasteiger partial charge in [0.1, 0.15) is 11.5 Å². The van der Waals surface area contributed by atoms with Gasteiger partial charge < -0.3 is 14.2 Å². The van der Waals surface area contributed by atoms with Crippen molar-refractivity contribution in [2.24, 2.45) is 0 Å². The molecular formula is C17H16Br2O4. The number of rotatable bonds is 5. The van der Waals surface area contributed by atoms with Gasteiger partial charge in [-0.3, -0.25) is 4.79 Å². The van der Waals surface area contributed by atoms with Gasteiger partial charge in [-0.2, -0.15) is 0 Å². The molecule has 6 heteroatoms. The van der Waals surface area contributed by atoms with Crippen molar-refractivity contribution in [1.29, 1.82) is 0 Å². The molecule has 0 saturated heterocycles. The van der Waals surface area contributed by atoms with Crippen LogP contribution in [0.3, 0.4) is 0 Å². The minimum Gasteiger partial charge on any atom is -0.497 e. The summed E-state index contributed by atoms with van der Waals surface area (Å²) in [4.78, 5) is 11.7. The molecule has 0 radical (unpaired) electrons. The van der Waals surface area contributed by atoms with Crippen LogP contribution in [0.5, 0.6) is 17.2 Å². The van der Waals surface area contributed by atoms with Gasteiger partial charge in [-0.05, 0) is 80.7 Å². The van der Waals surface area contributed by atoms with Crippen molar-refractivity contribution >= 4 is 37.8 Å². The van der Waals surface area contributed by atoms with E-state index in [9.17, 15) is 4.79 Å². The Bertz CT molecular complexity index is 675. The first-order valence-corrected chi connectivity index (χ1v) is 8.43. The van der Waals surface area contributed by atoms with Gasteiger partial charge in [0.25, 0.3) is 0 Å². The number of methoxy groups -OCH3 is 2. The maximum atomic E-state index is 11.7. The van der Waals surface area contributed by atoms with Crippen LogP contribution in [-0.2, 0) is 9.53 Å². The topological polar surface area (TPSA) is 44.8 Å². The Morgan fingerprint density at radius 2 is 1.52 bits per heavy atom. The van der Waals surface area contributed by atoms with Crippen molar-refractivity contribution in [3.05, 3.63) is 50.9 Å². The van der Waals surface area contributed by atoms with Crippen LogP contribution in [0.4, 0.5) is 0 Å². The lowest BCUT2D eigenvalue weighted by Crippen LogP contribution is -2.10. The number of halogens is 2. The standard InChI is InChI=1S/C17H16Br2O4/c1-10(17(20)22-3)11-8-14(18)16(15(19)9-11)23-13-6-4-12(21-2)5-7-13/h4-10H,1-3H3. The van der Waals surface area contributed by atoms with Crippen LogP contribution < -0.4 is 9.47 Å². The second-order valence-electron chi connectivity index (χ2n) is 4.84. The summed E-state index contributed by atoms with van der Waals surface area (Å²) in [6, 6.07) is 11.0. The zero-order valence-corrected chi connectivity index (χ0v) is 16.1. The molecule has 0 aromatic heterocycles. The van der Waals surface area contributed by atoms with Crippen LogP contribution in [0.15, 0.2) is 45.3 Å². The fourth-order valence-electron chi connectivity index (χ4n) is 2.00. The Kier molecular flexibility index (Phi) is 6.07. The highest BCUT2D eigenvalue weighted by atomic mass is 79.9. The molecule has 0 aliphatic rings. The minimum absolute atomic E-state index is 0.285. The van der Waals surface area contributed by atoms with Crippen molar-refractivity contribution in [2.45, 2.75) is 12.8 Å². The smallest absolute Gasteiger partial charge is 0.312 e. The van der Waals surface area contributed by atoms with Gasteiger partial charge in [0.05, 0.1) is 29.1 Å². The van der Waals surface area contributed by atoms with Crippen molar-refractivity contribution in [3.8, 4) is 17.2 Å². The van der Waals surface area contributed by atoms with Crippen molar-refractivity contribution in [2.75, 3.05) is 14.2 Å². The van der Waals surface area contributed by atoms with Gasteiger partial charge in [-0.15, -0.1) is 0 Å². The molecule has 1 unspecified atom stereocenters. The van der Waals surface area contributed by atoms with Gasteiger partial charge >= 0.3 is 5.97 Å². The van der Waals surface area contributed by atoms with E-state index >= 15 is 0 Å². The van der Waals surface area contributed by atoms with E-state index in [4.69, 9.17) is 14.2 Å². The van der Waals surface area contributed by atoms with Crippen molar-refractivity contribution < 1.29 is 19.0 Å². The van der Waals surface area contributed by atoms with Crippen LogP contribution >= 0.6 is 31.9 Å². The van der Waals surface area contributed by atoms with Crippen LogP contribution in [0.1, 0.15) is 18.4 Å². The molecule has 0 amide bonds. The predicted octanol–water partition coefficient (Wildman–Crippen LogP) is 5.29. The number of esters is 1. The molecule has 2 rings (SSSR count). The lowest BCUT2D eigenvalue weighted by molar-refractivity contribution is -0.141. The summed E-state index contributed by atoms with van der Waals surface area (Å²) >= 11 is 6.98. The molecule has 4 nitrogen and oxygen atoms in total. The normalized spacial score (nSPS) is 11.7. The molecule has 2 aromatic carbocycles. The SMILES string of the molecule is COC(=O)C(C)c1cc(Br)c(Oc2ccc(OC)cc2)c(Br)c1. The van der Waals surface area contributed by atoms with Gasteiger partial charge in [0, 0.05) is 0 Å². The average molecular weight is 444 g/mol. The Balaban J connectivity index is 2.27. The van der Waals surface area contributed by atoms with E-state index in [0.29, 0.717) is 11.5 Å². The van der Waals surface area contributed by atoms with E-state index in [1.807, 2.05) is 36.4 Å². The lowest BCUT2D eigenvalue weighted by atomic mass is 10.0. The molecule has 0 aliphatic carbocycles. The van der Waals surface area contributed by atoms with Crippen LogP contribution in [0, 0.1) is 0 Å². The molecule has 2 aromatic rings. The Morgan fingerprint density at radius 1 is 1.00 bits per heavy atom. The third-order valence-corrected chi connectivity index (χ3v) is 4.53. The minimum atomic E-state index is -0.359. The van der Waals surface area contributed by atoms with Crippen LogP contribution in [0.2, 0.25) is 0 Å². The number of carbonyl (C=O) groups is 1. The fourth-order valence-corrected chi connectivity index (χ4v) is 3.39. The lowest BCUT2D eigenvalue weighted by Gasteiger charge is -2.15. The molecule has 0 N–H and O–H groups in total. The molecule has 122 valence electrons. The summed E-state index contributed by atoms with van der Waals surface area (Å²) in [5.74, 6) is 1.44. The second kappa shape index (κ2) is 7.84. The van der Waals surface area contributed by atoms with Gasteiger partial charge in [-0.1, -0.05) is 0 Å². The molecule has 0 fully saturated rings. The average Bonchev–Trinajstić information content (AvgIpc) is 2.57. The van der Waals surface area contributed by atoms with Crippen molar-refractivity contribution in [1.82, 2.24) is 0 Å². The van der Waals surface area contributed by atoms with Gasteiger partial charge in [0.2, 0.25) is 0 Å². The van der Waals surface area contributed by atoms with E-state index in [-0.39, 0.29) is 11.9 Å². The number of ether oxygens (including phenoxy) is 3. The quantitative estimate of drug-likeness (QED) is 0.589. The number of carbonyl (C=O) groups excluding carboxylic acids is 1. The molecule has 0 bridgehead atoms. The number of benzene rings is 2. The van der Waals surface area contributed by atoms with E-state index in [0.717, 1.165) is 20.3 Å². The maximum absolute atomic E-state index is 11.7. The Labute approximate surface area is 152 Å². The highest BCUT2D eigenvalue weighted by Gasteiger charge is 2.19. The highest BCUT2D eigenvalue weighted by molar-refractivity contribution is 9.11. The third kappa shape index (κ3) is 4.26. The molecular weight excluding hydrogens is 428 g/mol. The number of hydrogen-bond donors (Lipinski definition) is 0. The molecule has 23 heavy (non-hydrogen) atoms. The summed E-state index contributed by atoms with van der Waals surface area (Å²) in [6.07, 6.45) is 0. The summed E-state index contributed by atoms with van der Waals surface area (Å²) in [7, 11) is 2.99. The van der Waals surface area contributed by atoms with E-state index in [1.165, 1.54) is 7.11 Å². The Hall–Kier alpha value is -1.53. The van der Waals surface area contributed by atoms with E-state index < -0.39 is 0 Å². The molecule has 1 atom stereocenters. The van der Waals surface area contributed by atoms with Crippen LogP contribution in [0.25, 0.3) is 0 Å². The summed E-state index contributed by atoms with van der Waals surface area (Å²) in [5, 5.41) is 0. The third-order valence-electron chi connectivity index (χ3n) is 3.35. The first kappa shape index (κ1) is 17.8. The zero-order chi connectivity index (χ0) is 17.0. The van der Waals surface area contributed by atoms with Gasteiger partial charge in [0.15, 0.2) is 5.75 Å². The zero-order valence-electron chi connectivity index (χ0n) is 12.9. The maximum Gasteiger partial charge on any atom is 0.312 e. The monoisotopic (exact) mass is 442 g/mol. The molecule has 0 aliphatic heterocycles. The first-order chi connectivity index (χ1) is 11.0. The van der Waals surface area contributed by atoms with E-state index in [2.05, 4.69) is 31.9 Å². The van der Waals surface area contributed by atoms with Gasteiger partial charge in [-0.25, -0.2) is 0 Å². The predicted molar refractivity (Wildman–Crippen MR) is 95.3 cm³/mol. The molecule has 0 saturated carbocycles. The van der Waals surface area contributed by atoms with Crippen LogP contribution in [-0.4, -0.2) is 20.2 Å². The van der Waals surface area contributed by atoms with Crippen molar-refractivity contribution in [3.63, 3.8) is 0 Å². The summed E-state index contributed by atoms with van der Waals surface area (Å²) in [6.45, 7) is 1.80. The number of hydrogen-bond acceptors (Lipinski definition) is 4. The largest absolute Gasteiger partial charge is 0.497 e. The highest BCUT2D eigenvalue weighted by Crippen LogP contribution is 2.39. The molecule has 0 heterocycles.